The third-order valence-electron chi connectivity index (χ3n) is 11.4. The number of ether oxygens (including phenoxy) is 2. The number of aliphatic hydroxyl groups excluding tert-OH is 8. The molecular weight excluding hydrogens is 803 g/mol. The fourth-order valence-corrected chi connectivity index (χ4v) is 8.59. The van der Waals surface area contributed by atoms with E-state index in [1.807, 2.05) is 6.92 Å². The zero-order valence-corrected chi connectivity index (χ0v) is 36.7. The maximum absolute atomic E-state index is 13.4. The van der Waals surface area contributed by atoms with Crippen molar-refractivity contribution in [3.63, 3.8) is 0 Å². The van der Waals surface area contributed by atoms with Gasteiger partial charge in [-0.1, -0.05) is 134 Å². The fourth-order valence-electron chi connectivity index (χ4n) is 7.62. The molecule has 9 N–H and O–H groups in total. The summed E-state index contributed by atoms with van der Waals surface area (Å²) in [6, 6.07) is 0. The van der Waals surface area contributed by atoms with E-state index < -0.39 is 112 Å². The lowest BCUT2D eigenvalue weighted by atomic mass is 9.83. The normalized spacial score (nSPS) is 33.9. The van der Waals surface area contributed by atoms with Crippen molar-refractivity contribution in [2.24, 2.45) is 11.8 Å². The van der Waals surface area contributed by atoms with E-state index in [1.54, 1.807) is 0 Å². The second-order valence-corrected chi connectivity index (χ2v) is 18.0. The van der Waals surface area contributed by atoms with Crippen LogP contribution in [0.15, 0.2) is 24.3 Å². The maximum atomic E-state index is 13.4. The van der Waals surface area contributed by atoms with Gasteiger partial charge in [-0.15, -0.1) is 0 Å². The Bertz CT molecular complexity index is 1280. The van der Waals surface area contributed by atoms with Crippen LogP contribution < -0.4 is 0 Å². The highest BCUT2D eigenvalue weighted by molar-refractivity contribution is 7.47. The topological polar surface area (TPSA) is 270 Å². The molecule has 350 valence electrons. The molecule has 0 amide bonds. The molecule has 0 aromatic heterocycles. The molecule has 13 atom stereocenters. The van der Waals surface area contributed by atoms with Gasteiger partial charge in [0.25, 0.3) is 0 Å². The number of allylic oxidation sites excluding steroid dienone is 1. The second kappa shape index (κ2) is 30.3. The number of carbonyl (C=O) groups is 2. The van der Waals surface area contributed by atoms with Crippen molar-refractivity contribution >= 4 is 19.8 Å². The van der Waals surface area contributed by atoms with Crippen LogP contribution in [0.3, 0.4) is 0 Å². The summed E-state index contributed by atoms with van der Waals surface area (Å²) in [5.74, 6) is -4.26. The average Bonchev–Trinajstić information content (AvgIpc) is 3.21. The van der Waals surface area contributed by atoms with Crippen LogP contribution in [0, 0.1) is 11.8 Å². The van der Waals surface area contributed by atoms with Gasteiger partial charge in [-0.05, 0) is 19.3 Å². The van der Waals surface area contributed by atoms with Gasteiger partial charge in [0.2, 0.25) is 0 Å². The van der Waals surface area contributed by atoms with Crippen molar-refractivity contribution in [1.82, 2.24) is 0 Å². The number of carbonyl (C=O) groups excluding carboxylic acids is 2. The first-order valence-corrected chi connectivity index (χ1v) is 23.9. The summed E-state index contributed by atoms with van der Waals surface area (Å²) >= 11 is 0. The van der Waals surface area contributed by atoms with E-state index in [0.717, 1.165) is 38.5 Å². The molecule has 0 saturated heterocycles. The molecule has 2 aliphatic rings. The third-order valence-corrected chi connectivity index (χ3v) is 12.4. The van der Waals surface area contributed by atoms with Crippen molar-refractivity contribution in [3.05, 3.63) is 24.3 Å². The van der Waals surface area contributed by atoms with Gasteiger partial charge in [-0.2, -0.15) is 0 Å². The molecule has 1 heterocycles. The summed E-state index contributed by atoms with van der Waals surface area (Å²) in [5, 5.41) is 89.5. The molecule has 1 aliphatic carbocycles. The highest BCUT2D eigenvalue weighted by atomic mass is 31.2. The Morgan fingerprint density at radius 2 is 1.33 bits per heavy atom. The highest BCUT2D eigenvalue weighted by Crippen LogP contribution is 2.47. The third kappa shape index (κ3) is 21.1. The maximum Gasteiger partial charge on any atom is 0.472 e. The number of fused-ring (bicyclic) bond motifs is 4. The van der Waals surface area contributed by atoms with Crippen LogP contribution in [-0.4, -0.2) is 132 Å². The zero-order chi connectivity index (χ0) is 44.5. The molecule has 2 rings (SSSR count). The number of aliphatic hydroxyl groups is 8. The van der Waals surface area contributed by atoms with E-state index in [1.165, 1.54) is 75.7 Å². The van der Waals surface area contributed by atoms with Crippen LogP contribution in [0.2, 0.25) is 0 Å². The summed E-state index contributed by atoms with van der Waals surface area (Å²) in [4.78, 5) is 36.3. The van der Waals surface area contributed by atoms with E-state index >= 15 is 0 Å². The quantitative estimate of drug-likeness (QED) is 0.0334. The number of cyclic esters (lactones) is 1. The molecule has 1 unspecified atom stereocenters. The molecular formula is C43H77O16P. The van der Waals surface area contributed by atoms with Crippen LogP contribution in [0.5, 0.6) is 0 Å². The Hall–Kier alpha value is -1.79. The first kappa shape index (κ1) is 54.3. The first-order chi connectivity index (χ1) is 28.6. The van der Waals surface area contributed by atoms with Gasteiger partial charge in [0.15, 0.2) is 6.10 Å². The van der Waals surface area contributed by atoms with E-state index in [4.69, 9.17) is 18.5 Å². The van der Waals surface area contributed by atoms with Gasteiger partial charge in [0.05, 0.1) is 43.5 Å². The van der Waals surface area contributed by atoms with E-state index in [2.05, 4.69) is 6.92 Å². The first-order valence-electron chi connectivity index (χ1n) is 22.4. The van der Waals surface area contributed by atoms with Gasteiger partial charge in [-0.25, -0.2) is 4.57 Å². The number of phosphoric ester groups is 1. The minimum absolute atomic E-state index is 0.0288. The molecule has 0 aromatic carbocycles. The smallest absolute Gasteiger partial charge is 0.461 e. The molecule has 1 fully saturated rings. The Kier molecular flexibility index (Phi) is 27.5. The molecule has 1 aliphatic heterocycles. The fraction of sp³-hybridized carbons (Fsp3) is 0.860. The molecule has 0 aromatic rings. The summed E-state index contributed by atoms with van der Waals surface area (Å²) in [5.41, 5.74) is 0. The zero-order valence-electron chi connectivity index (χ0n) is 35.8. The van der Waals surface area contributed by atoms with Crippen molar-refractivity contribution in [2.45, 2.75) is 210 Å². The lowest BCUT2D eigenvalue weighted by molar-refractivity contribution is -0.167. The standard InChI is InChI=1S/C43H77O16P/c1-3-5-7-8-9-10-11-12-13-14-15-16-18-24-37(48)58-31-28-56-36(47)23-20-19-22-32-34(45)27-35(46)33(26-25-30(44)21-17-6-4-2)39(50)41(52)43(42(53)40(51)38(32)49)59-60(54,55)57-29-31/h19-20,25-26,30-35,38-46,49-53H,3-18,21-24,27-29H2,1-2H3,(H,54,55)/b20-19-,26-25+/t30-,31-,32-,33+,34+,35-,38-,39-,40+,41-,42-,43-/m1/s1. The summed E-state index contributed by atoms with van der Waals surface area (Å²) in [6.45, 7) is 2.77. The van der Waals surface area contributed by atoms with Crippen molar-refractivity contribution in [3.8, 4) is 0 Å². The van der Waals surface area contributed by atoms with E-state index in [9.17, 15) is 59.9 Å². The summed E-state index contributed by atoms with van der Waals surface area (Å²) < 4.78 is 34.4. The molecule has 60 heavy (non-hydrogen) atoms. The lowest BCUT2D eigenvalue weighted by Crippen LogP contribution is -2.55. The molecule has 0 spiro atoms. The number of hydrogen-bond donors (Lipinski definition) is 9. The molecule has 1 saturated carbocycles. The lowest BCUT2D eigenvalue weighted by Gasteiger charge is -2.37. The Morgan fingerprint density at radius 3 is 1.95 bits per heavy atom. The summed E-state index contributed by atoms with van der Waals surface area (Å²) in [6.07, 6.45) is 2.36. The Morgan fingerprint density at radius 1 is 0.767 bits per heavy atom. The number of phosphoric acid groups is 1. The molecule has 0 radical (unpaired) electrons. The van der Waals surface area contributed by atoms with Crippen molar-refractivity contribution < 1.29 is 78.4 Å². The van der Waals surface area contributed by atoms with Crippen molar-refractivity contribution in [2.75, 3.05) is 13.2 Å². The van der Waals surface area contributed by atoms with E-state index in [-0.39, 0.29) is 19.3 Å². The minimum Gasteiger partial charge on any atom is -0.461 e. The van der Waals surface area contributed by atoms with Crippen molar-refractivity contribution in [1.29, 1.82) is 0 Å². The Balaban J connectivity index is 2.22. The second-order valence-electron chi connectivity index (χ2n) is 16.5. The predicted molar refractivity (Wildman–Crippen MR) is 223 cm³/mol. The van der Waals surface area contributed by atoms with Gasteiger partial charge < -0.3 is 55.2 Å². The number of hydrogen-bond acceptors (Lipinski definition) is 15. The summed E-state index contributed by atoms with van der Waals surface area (Å²) in [7, 11) is -5.42. The predicted octanol–water partition coefficient (Wildman–Crippen LogP) is 4.43. The van der Waals surface area contributed by atoms with Gasteiger partial charge in [0.1, 0.15) is 31.0 Å². The van der Waals surface area contributed by atoms with Gasteiger partial charge >= 0.3 is 19.8 Å². The minimum atomic E-state index is -5.42. The monoisotopic (exact) mass is 880 g/mol. The van der Waals surface area contributed by atoms with Crippen LogP contribution in [0.25, 0.3) is 0 Å². The largest absolute Gasteiger partial charge is 0.472 e. The molecule has 2 bridgehead atoms. The number of unbranched alkanes of at least 4 members (excludes halogenated alkanes) is 14. The van der Waals surface area contributed by atoms with Crippen LogP contribution in [0.1, 0.15) is 149 Å². The SMILES string of the molecule is CCCCCCCCCCCCCCCC(=O)O[C@@H]1COC(=O)C/C=C\C[C@H]2[C@@H](O)[C@H](O)[C@@H](O)[C@H](OP(=O)(O)OC1)[C@H](O)[C@H](O)[C@@H](/C=C/[C@H](O)CCCCC)[C@H](O)C[C@@H]2O. The molecule has 17 heteroatoms. The van der Waals surface area contributed by atoms with Gasteiger partial charge in [-0.3, -0.25) is 18.6 Å². The van der Waals surface area contributed by atoms with Crippen LogP contribution in [-0.2, 0) is 32.7 Å². The van der Waals surface area contributed by atoms with E-state index in [0.29, 0.717) is 19.3 Å². The van der Waals surface area contributed by atoms with Crippen LogP contribution in [0.4, 0.5) is 0 Å². The van der Waals surface area contributed by atoms with Crippen LogP contribution >= 0.6 is 7.82 Å². The number of esters is 2. The highest BCUT2D eigenvalue weighted by Gasteiger charge is 2.49. The van der Waals surface area contributed by atoms with Gasteiger partial charge in [0, 0.05) is 24.7 Å². The average molecular weight is 881 g/mol. The number of rotatable bonds is 21. The molecule has 16 nitrogen and oxygen atoms in total. The Labute approximate surface area is 356 Å².